The van der Waals surface area contributed by atoms with Gasteiger partial charge < -0.3 is 21.3 Å². The van der Waals surface area contributed by atoms with Gasteiger partial charge in [0.05, 0.1) is 59.4 Å². The zero-order valence-electron chi connectivity index (χ0n) is 33.0. The van der Waals surface area contributed by atoms with E-state index in [0.29, 0.717) is 11.4 Å². The minimum absolute atomic E-state index is 0.0558. The summed E-state index contributed by atoms with van der Waals surface area (Å²) in [5, 5.41) is 25.3. The number of ketones is 2. The van der Waals surface area contributed by atoms with E-state index in [2.05, 4.69) is 41.9 Å². The third-order valence-corrected chi connectivity index (χ3v) is 6.15. The number of benzene rings is 2. The van der Waals surface area contributed by atoms with Crippen molar-refractivity contribution < 1.29 is 45.6 Å². The molecule has 0 bridgehead atoms. The van der Waals surface area contributed by atoms with Gasteiger partial charge >= 0.3 is 0 Å². The Bertz CT molecular complexity index is 1970. The molecule has 58 heavy (non-hydrogen) atoms. The van der Waals surface area contributed by atoms with Gasteiger partial charge in [0, 0.05) is 93.2 Å². The quantitative estimate of drug-likeness (QED) is 0.161. The monoisotopic (exact) mass is 882 g/mol. The molecule has 0 atom stereocenters. The molecular weight excluding hydrogens is 837 g/mol. The molecule has 5 rings (SSSR count). The van der Waals surface area contributed by atoms with Crippen LogP contribution in [-0.4, -0.2) is 132 Å². The maximum absolute atomic E-state index is 13.0. The number of carbonyl (C=O) groups is 6. The molecule has 4 N–H and O–H groups in total. The summed E-state index contributed by atoms with van der Waals surface area (Å²) in [5.41, 5.74) is 0.684. The van der Waals surface area contributed by atoms with Gasteiger partial charge in [0.15, 0.2) is 0 Å². The van der Waals surface area contributed by atoms with Crippen LogP contribution >= 0.6 is 0 Å². The standard InChI is InChI=1S/C26H22N10O6.4C2H6OS/c37-21-13-35-16(12-30-33-35)10-28-26(42)24(40)18-6-2-4-8-20(18)32-22(38)14-36-15(11-29-34-36)9-27-25(41)23(39)17-5-1-3-7-19(17)31-21;4*1-4(2)3/h1-8,11-12H,9-10,13-14H2,(H,27,41)(H,28,42)(H,31,37)(H,32,38);4*1-2H3. The molecule has 0 saturated heterocycles. The lowest BCUT2D eigenvalue weighted by Gasteiger charge is -2.13. The number of hydrogen-bond donors (Lipinski definition) is 4. The van der Waals surface area contributed by atoms with E-state index in [1.807, 2.05) is 0 Å². The van der Waals surface area contributed by atoms with Gasteiger partial charge in [0.25, 0.3) is 23.4 Å². The van der Waals surface area contributed by atoms with E-state index in [-0.39, 0.29) is 48.7 Å². The Morgan fingerprint density at radius 1 is 0.500 bits per heavy atom. The average molecular weight is 883 g/mol. The van der Waals surface area contributed by atoms with E-state index >= 15 is 0 Å². The number of hydrogen-bond acceptors (Lipinski definition) is 14. The third-order valence-electron chi connectivity index (χ3n) is 6.15. The number of aromatic nitrogens is 6. The number of Topliss-reactive ketones (excluding diaryl/α,β-unsaturated/α-hetero) is 2. The molecule has 0 saturated carbocycles. The van der Waals surface area contributed by atoms with Crippen molar-refractivity contribution in [3.8, 4) is 0 Å². The second kappa shape index (κ2) is 26.5. The van der Waals surface area contributed by atoms with E-state index in [0.717, 1.165) is 0 Å². The van der Waals surface area contributed by atoms with E-state index in [1.54, 1.807) is 62.2 Å². The Hall–Kier alpha value is -5.46. The van der Waals surface area contributed by atoms with Crippen molar-refractivity contribution in [3.05, 3.63) is 83.4 Å². The Morgan fingerprint density at radius 2 is 0.793 bits per heavy atom. The number of amides is 4. The molecular formula is C34H46N10O10S4. The molecule has 0 radical (unpaired) electrons. The summed E-state index contributed by atoms with van der Waals surface area (Å²) in [5.74, 6) is -4.92. The Balaban J connectivity index is 0.000000898. The maximum atomic E-state index is 13.0. The Labute approximate surface area is 344 Å². The Kier molecular flexibility index (Phi) is 23.1. The van der Waals surface area contributed by atoms with Gasteiger partial charge in [-0.2, -0.15) is 0 Å². The van der Waals surface area contributed by atoms with E-state index in [4.69, 9.17) is 0 Å². The largest absolute Gasteiger partial charge is 0.343 e. The highest BCUT2D eigenvalue weighted by atomic mass is 32.2. The fourth-order valence-corrected chi connectivity index (χ4v) is 4.08. The minimum Gasteiger partial charge on any atom is -0.343 e. The summed E-state index contributed by atoms with van der Waals surface area (Å²) in [6, 6.07) is 11.9. The molecule has 2 aromatic heterocycles. The van der Waals surface area contributed by atoms with Crippen molar-refractivity contribution >= 4 is 89.8 Å². The highest BCUT2D eigenvalue weighted by Crippen LogP contribution is 2.18. The lowest BCUT2D eigenvalue weighted by Crippen LogP contribution is -2.34. The second-order valence-electron chi connectivity index (χ2n) is 11.9. The van der Waals surface area contributed by atoms with Gasteiger partial charge in [0.1, 0.15) is 13.1 Å². The average Bonchev–Trinajstić information content (AvgIpc) is 3.76. The fourth-order valence-electron chi connectivity index (χ4n) is 4.08. The molecule has 0 aliphatic carbocycles. The first-order valence-electron chi connectivity index (χ1n) is 16.4. The summed E-state index contributed by atoms with van der Waals surface area (Å²) >= 11 is 0. The fraction of sp³-hybridized carbons (Fsp3) is 0.353. The van der Waals surface area contributed by atoms with Crippen LogP contribution in [0.4, 0.5) is 11.4 Å². The number of para-hydroxylation sites is 2. The SMILES string of the molecule is CS(C)=O.CS(C)=O.CS(C)=O.CS(C)=O.O=C1Cn2nncc2CNC(=O)C(=O)c2ccccc2NC(=O)Cn2nncc2CNC(=O)C(=O)c2ccccc2N1. The van der Waals surface area contributed by atoms with Gasteiger partial charge in [-0.15, -0.1) is 10.2 Å². The first-order chi connectivity index (χ1) is 27.2. The number of rotatable bonds is 0. The molecule has 20 nitrogen and oxygen atoms in total. The molecule has 4 amide bonds. The molecule has 24 heteroatoms. The van der Waals surface area contributed by atoms with Crippen LogP contribution < -0.4 is 21.3 Å². The summed E-state index contributed by atoms with van der Waals surface area (Å²) in [7, 11) is -2.44. The first-order valence-corrected chi connectivity index (χ1v) is 24.3. The van der Waals surface area contributed by atoms with Crippen molar-refractivity contribution in [1.82, 2.24) is 40.6 Å². The van der Waals surface area contributed by atoms with Crippen LogP contribution in [0.5, 0.6) is 0 Å². The van der Waals surface area contributed by atoms with E-state index in [1.165, 1.54) is 58.2 Å². The second-order valence-corrected chi connectivity index (χ2v) is 17.9. The normalized spacial score (nSPS) is 13.5. The van der Waals surface area contributed by atoms with Crippen molar-refractivity contribution in [2.24, 2.45) is 0 Å². The van der Waals surface area contributed by atoms with Crippen molar-refractivity contribution in [2.45, 2.75) is 26.2 Å². The predicted octanol–water partition coefficient (Wildman–Crippen LogP) is -0.563. The van der Waals surface area contributed by atoms with Crippen LogP contribution in [-0.2, 0) is 88.6 Å². The summed E-state index contributed by atoms with van der Waals surface area (Å²) in [6.45, 7) is -1.08. The number of anilines is 2. The zero-order valence-corrected chi connectivity index (χ0v) is 36.3. The number of nitrogens with one attached hydrogen (secondary N) is 4. The maximum Gasteiger partial charge on any atom is 0.292 e. The third kappa shape index (κ3) is 20.1. The lowest BCUT2D eigenvalue weighted by molar-refractivity contribution is -0.118. The van der Waals surface area contributed by atoms with Crippen molar-refractivity contribution in [3.63, 3.8) is 0 Å². The van der Waals surface area contributed by atoms with Crippen LogP contribution in [0, 0.1) is 0 Å². The predicted molar refractivity (Wildman–Crippen MR) is 223 cm³/mol. The lowest BCUT2D eigenvalue weighted by atomic mass is 10.1. The summed E-state index contributed by atoms with van der Waals surface area (Å²) in [4.78, 5) is 77.0. The molecule has 4 aromatic rings. The zero-order chi connectivity index (χ0) is 43.9. The van der Waals surface area contributed by atoms with Gasteiger partial charge in [-0.3, -0.25) is 45.6 Å². The smallest absolute Gasteiger partial charge is 0.292 e. The molecule has 0 spiro atoms. The van der Waals surface area contributed by atoms with Crippen LogP contribution in [0.2, 0.25) is 0 Å². The molecule has 316 valence electrons. The van der Waals surface area contributed by atoms with Gasteiger partial charge in [-0.05, 0) is 24.3 Å². The van der Waals surface area contributed by atoms with Crippen molar-refractivity contribution in [2.75, 3.05) is 60.7 Å². The van der Waals surface area contributed by atoms with Crippen LogP contribution in [0.15, 0.2) is 60.9 Å². The van der Waals surface area contributed by atoms with Crippen molar-refractivity contribution in [1.29, 1.82) is 0 Å². The molecule has 3 heterocycles. The highest BCUT2D eigenvalue weighted by Gasteiger charge is 2.24. The molecule has 1 aliphatic heterocycles. The van der Waals surface area contributed by atoms with Crippen LogP contribution in [0.25, 0.3) is 0 Å². The topological polar surface area (TPSA) is 280 Å². The minimum atomic E-state index is -0.960. The van der Waals surface area contributed by atoms with Gasteiger partial charge in [0.2, 0.25) is 11.8 Å². The molecule has 0 unspecified atom stereocenters. The van der Waals surface area contributed by atoms with Gasteiger partial charge in [-0.25, -0.2) is 9.36 Å². The number of nitrogens with zero attached hydrogens (tertiary/aromatic N) is 6. The van der Waals surface area contributed by atoms with Crippen LogP contribution in [0.1, 0.15) is 32.1 Å². The Morgan fingerprint density at radius 3 is 1.10 bits per heavy atom. The van der Waals surface area contributed by atoms with E-state index in [9.17, 15) is 45.6 Å². The molecule has 2 aromatic carbocycles. The first kappa shape index (κ1) is 50.6. The molecule has 0 fully saturated rings. The number of fused-ring (bicyclic) bond motifs is 4. The van der Waals surface area contributed by atoms with E-state index < -0.39 is 78.4 Å². The van der Waals surface area contributed by atoms with Gasteiger partial charge in [-0.1, -0.05) is 34.7 Å². The number of carbonyl (C=O) groups excluding carboxylic acids is 6. The summed E-state index contributed by atoms with van der Waals surface area (Å²) < 4.78 is 40.6. The molecule has 1 aliphatic rings. The summed E-state index contributed by atoms with van der Waals surface area (Å²) in [6.07, 6.45) is 15.7. The van der Waals surface area contributed by atoms with Crippen LogP contribution in [0.3, 0.4) is 0 Å². The highest BCUT2D eigenvalue weighted by molar-refractivity contribution is 7.84.